The summed E-state index contributed by atoms with van der Waals surface area (Å²) < 4.78 is 0. The first-order valence-electron chi connectivity index (χ1n) is 14.9. The molecule has 0 bridgehead atoms. The molecule has 0 N–H and O–H groups in total. The van der Waals surface area contributed by atoms with Crippen LogP contribution >= 0.6 is 24.4 Å². The van der Waals surface area contributed by atoms with Gasteiger partial charge in [-0.05, 0) is 37.1 Å². The molecule has 0 fully saturated rings. The van der Waals surface area contributed by atoms with E-state index in [4.69, 9.17) is 0 Å². The van der Waals surface area contributed by atoms with Crippen LogP contribution < -0.4 is 0 Å². The number of rotatable bonds is 4. The van der Waals surface area contributed by atoms with Crippen LogP contribution in [0.1, 0.15) is 136 Å². The van der Waals surface area contributed by atoms with Gasteiger partial charge in [0.05, 0.1) is 0 Å². The van der Waals surface area contributed by atoms with Crippen LogP contribution in [0.2, 0.25) is 0 Å². The first kappa shape index (κ1) is 42.6. The molecular weight excluding hydrogens is 581 g/mol. The fraction of sp³-hybridized carbons (Fsp3) is 0.722. The van der Waals surface area contributed by atoms with Gasteiger partial charge >= 0.3 is 17.1 Å². The minimum Gasteiger partial charge on any atom is -0.214 e. The third-order valence-electron chi connectivity index (χ3n) is 6.21. The molecule has 0 radical (unpaired) electrons. The van der Waals surface area contributed by atoms with Gasteiger partial charge < -0.3 is 0 Å². The van der Waals surface area contributed by atoms with E-state index in [0.717, 1.165) is 8.58 Å². The summed E-state index contributed by atoms with van der Waals surface area (Å²) in [5.74, 6) is 0. The van der Waals surface area contributed by atoms with E-state index >= 15 is 0 Å². The van der Waals surface area contributed by atoms with Crippen LogP contribution in [0.3, 0.4) is 0 Å². The predicted octanol–water partition coefficient (Wildman–Crippen LogP) is 13.2. The molecule has 40 heavy (non-hydrogen) atoms. The van der Waals surface area contributed by atoms with Gasteiger partial charge in [-0.15, -0.1) is 16.5 Å². The van der Waals surface area contributed by atoms with Crippen molar-refractivity contribution in [3.63, 3.8) is 0 Å². The second kappa shape index (κ2) is 16.5. The van der Waals surface area contributed by atoms with E-state index in [-0.39, 0.29) is 32.9 Å². The van der Waals surface area contributed by atoms with E-state index in [1.165, 1.54) is 12.3 Å². The molecule has 0 saturated heterocycles. The first-order valence-corrected chi connectivity index (χ1v) is 18.9. The van der Waals surface area contributed by atoms with Crippen LogP contribution in [-0.2, 0) is 29.4 Å². The van der Waals surface area contributed by atoms with Crippen molar-refractivity contribution >= 4 is 24.4 Å². The Balaban J connectivity index is 0. The summed E-state index contributed by atoms with van der Waals surface area (Å²) in [5, 5.41) is 2.58. The summed E-state index contributed by atoms with van der Waals surface area (Å²) in [6, 6.07) is 17.1. The van der Waals surface area contributed by atoms with Gasteiger partial charge in [0.25, 0.3) is 0 Å². The van der Waals surface area contributed by atoms with Gasteiger partial charge in [0, 0.05) is 0 Å². The van der Waals surface area contributed by atoms with Crippen molar-refractivity contribution in [2.75, 3.05) is 0 Å². The third-order valence-corrected chi connectivity index (χ3v) is 15.5. The van der Waals surface area contributed by atoms with Crippen LogP contribution in [0, 0.1) is 0 Å². The Bertz CT molecular complexity index is 790. The second-order valence-electron chi connectivity index (χ2n) is 17.0. The molecule has 0 aliphatic carbocycles. The summed E-state index contributed by atoms with van der Waals surface area (Å²) in [4.78, 5) is 0. The van der Waals surface area contributed by atoms with Gasteiger partial charge in [-0.1, -0.05) is 139 Å². The smallest absolute Gasteiger partial charge is 0.214 e. The van der Waals surface area contributed by atoms with E-state index in [9.17, 15) is 0 Å². The van der Waals surface area contributed by atoms with E-state index < -0.39 is 0 Å². The summed E-state index contributed by atoms with van der Waals surface area (Å²) >= 11 is 0. The molecular formula is C36H67FeP3. The Labute approximate surface area is 267 Å². The summed E-state index contributed by atoms with van der Waals surface area (Å²) in [6.07, 6.45) is 2.53. The van der Waals surface area contributed by atoms with Gasteiger partial charge in [-0.2, -0.15) is 41.5 Å². The van der Waals surface area contributed by atoms with Crippen LogP contribution in [0.25, 0.3) is 0 Å². The molecule has 0 atom stereocenters. The topological polar surface area (TPSA) is 0 Å². The molecule has 0 aliphatic rings. The van der Waals surface area contributed by atoms with E-state index in [1.807, 2.05) is 30.3 Å². The molecule has 0 heterocycles. The maximum atomic E-state index is 2.43. The fourth-order valence-electron chi connectivity index (χ4n) is 5.55. The van der Waals surface area contributed by atoms with Gasteiger partial charge in [0.2, 0.25) is 0 Å². The van der Waals surface area contributed by atoms with Gasteiger partial charge in [0.15, 0.2) is 0 Å². The van der Waals surface area contributed by atoms with E-state index in [0.29, 0.717) is 30.9 Å². The van der Waals surface area contributed by atoms with Crippen molar-refractivity contribution in [2.24, 2.45) is 0 Å². The zero-order valence-electron chi connectivity index (χ0n) is 29.8. The number of hydrogen-bond acceptors (Lipinski definition) is 0. The minimum atomic E-state index is -0.0835. The molecule has 0 aliphatic heterocycles. The van der Waals surface area contributed by atoms with Crippen molar-refractivity contribution in [3.05, 3.63) is 59.7 Å². The van der Waals surface area contributed by atoms with Gasteiger partial charge in [0.1, 0.15) is 0 Å². The van der Waals surface area contributed by atoms with Crippen LogP contribution in [0.5, 0.6) is 0 Å². The third kappa shape index (κ3) is 18.9. The quantitative estimate of drug-likeness (QED) is 0.176. The molecule has 0 aromatic heterocycles. The maximum absolute atomic E-state index is 2.43. The average Bonchev–Trinajstić information content (AvgIpc) is 3.32. The Hall–Kier alpha value is 0.509. The molecule has 0 nitrogen and oxygen atoms in total. The second-order valence-corrected chi connectivity index (χ2v) is 28.0. The van der Waals surface area contributed by atoms with Crippen molar-refractivity contribution in [3.8, 4) is 0 Å². The van der Waals surface area contributed by atoms with Crippen LogP contribution in [-0.4, -0.2) is 30.9 Å². The molecule has 0 spiro atoms. The predicted molar refractivity (Wildman–Crippen MR) is 192 cm³/mol. The Morgan fingerprint density at radius 1 is 0.550 bits per heavy atom. The largest absolute Gasteiger partial charge is 2.00 e. The minimum absolute atomic E-state index is 0. The number of hydrogen-bond donors (Lipinski definition) is 0. The van der Waals surface area contributed by atoms with Crippen molar-refractivity contribution in [1.29, 1.82) is 0 Å². The molecule has 4 heteroatoms. The molecule has 0 saturated carbocycles. The molecule has 2 rings (SSSR count). The van der Waals surface area contributed by atoms with E-state index in [1.54, 1.807) is 11.1 Å². The fourth-order valence-corrected chi connectivity index (χ4v) is 15.0. The standard InChI is InChI=1S/C23H43P2.C8H19P.C5H5.Fe/c1-20(2,3)24(21(4,5)6)16-18-14-13-15-19(18)17-25(22(7,8)9)23(10,11)12;1-7(2,3)9-8(4,5)6;1-2-4-5-3-1;/h13-15H,16-17H2,1-12H3;9H,1-6H3;1-5H;/q-1;;-1;+2. The zero-order valence-corrected chi connectivity index (χ0v) is 33.7. The van der Waals surface area contributed by atoms with Crippen LogP contribution in [0.4, 0.5) is 0 Å². The molecule has 2 aromatic carbocycles. The average molecular weight is 649 g/mol. The molecule has 2 aromatic rings. The van der Waals surface area contributed by atoms with Crippen LogP contribution in [0.15, 0.2) is 48.5 Å². The van der Waals surface area contributed by atoms with Crippen molar-refractivity contribution in [1.82, 2.24) is 0 Å². The van der Waals surface area contributed by atoms with Crippen molar-refractivity contribution < 1.29 is 17.1 Å². The zero-order chi connectivity index (χ0) is 31.1. The summed E-state index contributed by atoms with van der Waals surface area (Å²) in [5.41, 5.74) is 3.24. The van der Waals surface area contributed by atoms with E-state index in [2.05, 4.69) is 143 Å². The Morgan fingerprint density at radius 2 is 0.900 bits per heavy atom. The summed E-state index contributed by atoms with van der Waals surface area (Å²) in [7, 11) is 0.884. The Morgan fingerprint density at radius 3 is 1.15 bits per heavy atom. The molecule has 234 valence electrons. The van der Waals surface area contributed by atoms with Gasteiger partial charge in [-0.3, -0.25) is 0 Å². The SMILES string of the molecule is CC(C)(C)P(Cc1cc[cH-]c1CP(C(C)(C)C)C(C)(C)C)C(C)(C)C.CC(C)(C)PC(C)(C)C.[Fe+2].c1cc[cH-]c1. The maximum Gasteiger partial charge on any atom is 2.00 e. The first-order chi connectivity index (χ1) is 17.1. The molecule has 0 amide bonds. The van der Waals surface area contributed by atoms with Gasteiger partial charge in [-0.25, -0.2) is 18.2 Å². The summed E-state index contributed by atoms with van der Waals surface area (Å²) in [6.45, 7) is 43.0. The normalized spacial score (nSPS) is 13.3. The Kier molecular flexibility index (Phi) is 17.6. The molecule has 0 unspecified atom stereocenters. The monoisotopic (exact) mass is 648 g/mol. The van der Waals surface area contributed by atoms with Crippen molar-refractivity contribution in [2.45, 2.75) is 168 Å².